The molecule has 0 saturated heterocycles. The summed E-state index contributed by atoms with van der Waals surface area (Å²) in [6.45, 7) is 5.32. The van der Waals surface area contributed by atoms with Crippen molar-refractivity contribution in [1.82, 2.24) is 10.9 Å². The topological polar surface area (TPSA) is 76.7 Å². The average Bonchev–Trinajstić information content (AvgIpc) is 2.69. The number of carbonyl (C=O) groups excluding carboxylic acids is 2. The van der Waals surface area contributed by atoms with Crippen LogP contribution in [0.25, 0.3) is 10.8 Å². The molecule has 3 aromatic rings. The van der Waals surface area contributed by atoms with Crippen molar-refractivity contribution in [2.75, 3.05) is 6.61 Å². The lowest BCUT2D eigenvalue weighted by molar-refractivity contribution is -0.133. The molecule has 0 aliphatic rings. The zero-order chi connectivity index (χ0) is 20.8. The number of carbonyl (C=O) groups is 2. The molecule has 6 heteroatoms. The van der Waals surface area contributed by atoms with E-state index in [0.29, 0.717) is 11.5 Å². The first-order chi connectivity index (χ1) is 13.9. The van der Waals surface area contributed by atoms with Gasteiger partial charge in [-0.25, -0.2) is 0 Å². The van der Waals surface area contributed by atoms with Gasteiger partial charge in [0.05, 0.1) is 0 Å². The number of rotatable bonds is 6. The number of ether oxygens (including phenoxy) is 2. The fourth-order valence-electron chi connectivity index (χ4n) is 2.93. The van der Waals surface area contributed by atoms with Gasteiger partial charge in [-0.2, -0.15) is 0 Å². The number of hydrogen-bond donors (Lipinski definition) is 2. The van der Waals surface area contributed by atoms with Crippen LogP contribution in [0.1, 0.15) is 18.1 Å². The van der Waals surface area contributed by atoms with E-state index in [2.05, 4.69) is 10.9 Å². The largest absolute Gasteiger partial charge is 0.484 e. The fraction of sp³-hybridized carbons (Fsp3) is 0.217. The lowest BCUT2D eigenvalue weighted by Crippen LogP contribution is -2.48. The zero-order valence-corrected chi connectivity index (χ0v) is 16.7. The smallest absolute Gasteiger partial charge is 0.279 e. The molecule has 29 heavy (non-hydrogen) atoms. The summed E-state index contributed by atoms with van der Waals surface area (Å²) in [4.78, 5) is 24.1. The molecule has 0 aliphatic carbocycles. The van der Waals surface area contributed by atoms with Gasteiger partial charge in [-0.05, 0) is 66.9 Å². The molecule has 0 spiro atoms. The number of aryl methyl sites for hydroxylation is 2. The number of nitrogens with one attached hydrogen (secondary N) is 2. The quantitative estimate of drug-likeness (QED) is 0.630. The Hall–Kier alpha value is -3.54. The maximum absolute atomic E-state index is 12.2. The lowest BCUT2D eigenvalue weighted by atomic mass is 10.1. The number of fused-ring (bicyclic) bond motifs is 1. The molecule has 0 heterocycles. The molecule has 0 fully saturated rings. The second kappa shape index (κ2) is 9.10. The first-order valence-corrected chi connectivity index (χ1v) is 9.36. The molecule has 0 unspecified atom stereocenters. The molecule has 3 rings (SSSR count). The standard InChI is InChI=1S/C23H24N2O4/c1-15-10-16(2)12-21(11-15)28-14-22(26)24-25-23(27)17(3)29-20-9-8-18-6-4-5-7-19(18)13-20/h4-13,17H,14H2,1-3H3,(H,24,26)(H,25,27)/t17-/m0/s1. The van der Waals surface area contributed by atoms with Crippen LogP contribution in [0.4, 0.5) is 0 Å². The van der Waals surface area contributed by atoms with E-state index in [4.69, 9.17) is 9.47 Å². The highest BCUT2D eigenvalue weighted by Crippen LogP contribution is 2.21. The molecule has 0 aromatic heterocycles. The zero-order valence-electron chi connectivity index (χ0n) is 16.7. The summed E-state index contributed by atoms with van der Waals surface area (Å²) in [5.74, 6) is 0.265. The van der Waals surface area contributed by atoms with Crippen LogP contribution in [0.3, 0.4) is 0 Å². The van der Waals surface area contributed by atoms with E-state index in [0.717, 1.165) is 21.9 Å². The highest BCUT2D eigenvalue weighted by Gasteiger charge is 2.16. The van der Waals surface area contributed by atoms with Crippen molar-refractivity contribution in [1.29, 1.82) is 0 Å². The van der Waals surface area contributed by atoms with Gasteiger partial charge in [0.1, 0.15) is 11.5 Å². The Kier molecular flexibility index (Phi) is 6.34. The summed E-state index contributed by atoms with van der Waals surface area (Å²) in [6, 6.07) is 19.2. The Labute approximate surface area is 169 Å². The van der Waals surface area contributed by atoms with Gasteiger partial charge in [0, 0.05) is 0 Å². The summed E-state index contributed by atoms with van der Waals surface area (Å²) in [5.41, 5.74) is 6.79. The highest BCUT2D eigenvalue weighted by molar-refractivity contribution is 5.86. The Morgan fingerprint density at radius 2 is 1.55 bits per heavy atom. The third-order valence-corrected chi connectivity index (χ3v) is 4.29. The number of hydrazine groups is 1. The number of amides is 2. The Bertz CT molecular complexity index is 1010. The van der Waals surface area contributed by atoms with E-state index in [1.165, 1.54) is 0 Å². The van der Waals surface area contributed by atoms with Crippen molar-refractivity contribution in [2.24, 2.45) is 0 Å². The van der Waals surface area contributed by atoms with Crippen LogP contribution >= 0.6 is 0 Å². The monoisotopic (exact) mass is 392 g/mol. The SMILES string of the molecule is Cc1cc(C)cc(OCC(=O)NNC(=O)[C@H](C)Oc2ccc3ccccc3c2)c1. The van der Waals surface area contributed by atoms with E-state index in [9.17, 15) is 9.59 Å². The fourth-order valence-corrected chi connectivity index (χ4v) is 2.93. The maximum Gasteiger partial charge on any atom is 0.279 e. The molecule has 6 nitrogen and oxygen atoms in total. The van der Waals surface area contributed by atoms with Gasteiger partial charge >= 0.3 is 0 Å². The summed E-state index contributed by atoms with van der Waals surface area (Å²) >= 11 is 0. The van der Waals surface area contributed by atoms with Gasteiger partial charge in [0.2, 0.25) is 0 Å². The Morgan fingerprint density at radius 3 is 2.28 bits per heavy atom. The van der Waals surface area contributed by atoms with Gasteiger partial charge in [0.25, 0.3) is 11.8 Å². The molecule has 0 saturated carbocycles. The minimum absolute atomic E-state index is 0.205. The molecule has 2 N–H and O–H groups in total. The predicted molar refractivity (Wildman–Crippen MR) is 112 cm³/mol. The van der Waals surface area contributed by atoms with Crippen molar-refractivity contribution in [3.8, 4) is 11.5 Å². The first-order valence-electron chi connectivity index (χ1n) is 9.36. The molecule has 0 radical (unpaired) electrons. The van der Waals surface area contributed by atoms with Gasteiger partial charge in [0.15, 0.2) is 12.7 Å². The van der Waals surface area contributed by atoms with E-state index < -0.39 is 17.9 Å². The number of benzene rings is 3. The van der Waals surface area contributed by atoms with Crippen molar-refractivity contribution in [3.63, 3.8) is 0 Å². The van der Waals surface area contributed by atoms with E-state index in [1.807, 2.05) is 74.5 Å². The molecule has 2 amide bonds. The summed E-state index contributed by atoms with van der Waals surface area (Å²) in [6.07, 6.45) is -0.781. The van der Waals surface area contributed by atoms with Gasteiger partial charge in [-0.1, -0.05) is 36.4 Å². The molecule has 1 atom stereocenters. The normalized spacial score (nSPS) is 11.6. The van der Waals surface area contributed by atoms with Crippen LogP contribution in [0, 0.1) is 13.8 Å². The predicted octanol–water partition coefficient (Wildman–Crippen LogP) is 3.45. The Balaban J connectivity index is 1.46. The van der Waals surface area contributed by atoms with E-state index >= 15 is 0 Å². The van der Waals surface area contributed by atoms with Crippen LogP contribution in [-0.2, 0) is 9.59 Å². The minimum Gasteiger partial charge on any atom is -0.484 e. The molecule has 0 bridgehead atoms. The van der Waals surface area contributed by atoms with Gasteiger partial charge in [-0.3, -0.25) is 20.4 Å². The molecular weight excluding hydrogens is 368 g/mol. The van der Waals surface area contributed by atoms with Gasteiger partial charge in [-0.15, -0.1) is 0 Å². The highest BCUT2D eigenvalue weighted by atomic mass is 16.5. The molecular formula is C23H24N2O4. The van der Waals surface area contributed by atoms with E-state index in [-0.39, 0.29) is 6.61 Å². The third-order valence-electron chi connectivity index (χ3n) is 4.29. The summed E-state index contributed by atoms with van der Waals surface area (Å²) in [5, 5.41) is 2.11. The van der Waals surface area contributed by atoms with E-state index in [1.54, 1.807) is 6.92 Å². The second-order valence-corrected chi connectivity index (χ2v) is 6.92. The van der Waals surface area contributed by atoms with Crippen molar-refractivity contribution in [2.45, 2.75) is 26.9 Å². The summed E-state index contributed by atoms with van der Waals surface area (Å²) < 4.78 is 11.1. The molecule has 3 aromatic carbocycles. The van der Waals surface area contributed by atoms with Crippen LogP contribution in [0.5, 0.6) is 11.5 Å². The van der Waals surface area contributed by atoms with Crippen molar-refractivity contribution < 1.29 is 19.1 Å². The third kappa shape index (κ3) is 5.72. The average molecular weight is 392 g/mol. The van der Waals surface area contributed by atoms with Crippen molar-refractivity contribution >= 4 is 22.6 Å². The van der Waals surface area contributed by atoms with Gasteiger partial charge < -0.3 is 9.47 Å². The first kappa shape index (κ1) is 20.2. The van der Waals surface area contributed by atoms with Crippen LogP contribution in [0.2, 0.25) is 0 Å². The number of hydrogen-bond acceptors (Lipinski definition) is 4. The maximum atomic E-state index is 12.2. The minimum atomic E-state index is -0.781. The lowest BCUT2D eigenvalue weighted by Gasteiger charge is -2.16. The Morgan fingerprint density at radius 1 is 0.862 bits per heavy atom. The van der Waals surface area contributed by atoms with Crippen LogP contribution in [0.15, 0.2) is 60.7 Å². The van der Waals surface area contributed by atoms with Crippen molar-refractivity contribution in [3.05, 3.63) is 71.8 Å². The molecule has 0 aliphatic heterocycles. The van der Waals surface area contributed by atoms with Crippen LogP contribution in [-0.4, -0.2) is 24.5 Å². The summed E-state index contributed by atoms with van der Waals surface area (Å²) in [7, 11) is 0. The second-order valence-electron chi connectivity index (χ2n) is 6.92. The van der Waals surface area contributed by atoms with Crippen LogP contribution < -0.4 is 20.3 Å². The molecule has 150 valence electrons.